The molecule has 23 heavy (non-hydrogen) atoms. The molecule has 0 aliphatic rings. The second-order valence-corrected chi connectivity index (χ2v) is 5.84. The number of rotatable bonds is 7. The summed E-state index contributed by atoms with van der Waals surface area (Å²) < 4.78 is 10.5. The molecule has 124 valence electrons. The SMILES string of the molecule is CCc1nnc(NC(=O)[C@H](C)Nc2ccc(OC)cc2OC)s1. The summed E-state index contributed by atoms with van der Waals surface area (Å²) in [4.78, 5) is 12.2. The van der Waals surface area contributed by atoms with Crippen molar-refractivity contribution >= 4 is 28.1 Å². The van der Waals surface area contributed by atoms with Gasteiger partial charge in [0.1, 0.15) is 22.5 Å². The van der Waals surface area contributed by atoms with E-state index in [0.29, 0.717) is 22.3 Å². The molecule has 1 heterocycles. The molecule has 2 N–H and O–H groups in total. The summed E-state index contributed by atoms with van der Waals surface area (Å²) in [5.41, 5.74) is 0.711. The van der Waals surface area contributed by atoms with Gasteiger partial charge in [-0.3, -0.25) is 10.1 Å². The van der Waals surface area contributed by atoms with Crippen molar-refractivity contribution in [3.8, 4) is 11.5 Å². The van der Waals surface area contributed by atoms with Crippen molar-refractivity contribution in [1.82, 2.24) is 10.2 Å². The molecule has 1 atom stereocenters. The predicted octanol–water partition coefficient (Wildman–Crippen LogP) is 2.56. The van der Waals surface area contributed by atoms with E-state index in [1.807, 2.05) is 13.0 Å². The Morgan fingerprint density at radius 1 is 1.30 bits per heavy atom. The van der Waals surface area contributed by atoms with Crippen molar-refractivity contribution in [2.24, 2.45) is 0 Å². The van der Waals surface area contributed by atoms with Gasteiger partial charge >= 0.3 is 0 Å². The zero-order valence-corrected chi connectivity index (χ0v) is 14.4. The molecule has 0 aliphatic heterocycles. The molecule has 2 aromatic rings. The number of amides is 1. The number of carbonyl (C=O) groups is 1. The molecule has 0 unspecified atom stereocenters. The predicted molar refractivity (Wildman–Crippen MR) is 90.5 cm³/mol. The summed E-state index contributed by atoms with van der Waals surface area (Å²) in [7, 11) is 3.16. The van der Waals surface area contributed by atoms with Crippen LogP contribution in [0, 0.1) is 0 Å². The molecule has 2 rings (SSSR count). The number of benzene rings is 1. The molecule has 0 fully saturated rings. The molecular weight excluding hydrogens is 316 g/mol. The molecule has 1 amide bonds. The third kappa shape index (κ3) is 4.32. The Bertz CT molecular complexity index is 674. The number of methoxy groups -OCH3 is 2. The molecule has 0 saturated carbocycles. The minimum atomic E-state index is -0.466. The van der Waals surface area contributed by atoms with Crippen LogP contribution in [0.25, 0.3) is 0 Å². The number of nitrogens with zero attached hydrogens (tertiary/aromatic N) is 2. The average Bonchev–Trinajstić information content (AvgIpc) is 3.02. The van der Waals surface area contributed by atoms with Gasteiger partial charge < -0.3 is 14.8 Å². The smallest absolute Gasteiger partial charge is 0.248 e. The van der Waals surface area contributed by atoms with E-state index in [2.05, 4.69) is 20.8 Å². The van der Waals surface area contributed by atoms with E-state index < -0.39 is 6.04 Å². The summed E-state index contributed by atoms with van der Waals surface area (Å²) in [5.74, 6) is 1.10. The Labute approximate surface area is 139 Å². The quantitative estimate of drug-likeness (QED) is 0.808. The van der Waals surface area contributed by atoms with E-state index in [4.69, 9.17) is 9.47 Å². The lowest BCUT2D eigenvalue weighted by Crippen LogP contribution is -2.32. The first kappa shape index (κ1) is 17.0. The number of anilines is 2. The summed E-state index contributed by atoms with van der Waals surface area (Å²) >= 11 is 1.37. The molecule has 0 saturated heterocycles. The van der Waals surface area contributed by atoms with Crippen LogP contribution < -0.4 is 20.1 Å². The van der Waals surface area contributed by atoms with Crippen molar-refractivity contribution in [1.29, 1.82) is 0 Å². The van der Waals surface area contributed by atoms with Gasteiger partial charge in [0.25, 0.3) is 0 Å². The monoisotopic (exact) mass is 336 g/mol. The zero-order chi connectivity index (χ0) is 16.8. The van der Waals surface area contributed by atoms with Crippen LogP contribution in [0.4, 0.5) is 10.8 Å². The maximum atomic E-state index is 12.2. The first-order valence-corrected chi connectivity index (χ1v) is 8.00. The highest BCUT2D eigenvalue weighted by Crippen LogP contribution is 2.29. The van der Waals surface area contributed by atoms with Gasteiger partial charge in [0.15, 0.2) is 0 Å². The number of ether oxygens (including phenoxy) is 2. The molecule has 7 nitrogen and oxygen atoms in total. The van der Waals surface area contributed by atoms with Crippen molar-refractivity contribution in [2.75, 3.05) is 24.9 Å². The summed E-state index contributed by atoms with van der Waals surface area (Å²) in [5, 5.41) is 15.2. The minimum absolute atomic E-state index is 0.193. The van der Waals surface area contributed by atoms with Crippen molar-refractivity contribution in [3.05, 3.63) is 23.2 Å². The highest BCUT2D eigenvalue weighted by molar-refractivity contribution is 7.15. The zero-order valence-electron chi connectivity index (χ0n) is 13.5. The lowest BCUT2D eigenvalue weighted by Gasteiger charge is -2.17. The standard InChI is InChI=1S/C15H20N4O3S/c1-5-13-18-19-15(23-13)17-14(20)9(2)16-11-7-6-10(21-3)8-12(11)22-4/h6-9,16H,5H2,1-4H3,(H,17,19,20)/t9-/m0/s1. The van der Waals surface area contributed by atoms with Crippen LogP contribution in [0.15, 0.2) is 18.2 Å². The molecule has 0 bridgehead atoms. The van der Waals surface area contributed by atoms with E-state index in [0.717, 1.165) is 11.4 Å². The van der Waals surface area contributed by atoms with Gasteiger partial charge in [0, 0.05) is 6.07 Å². The van der Waals surface area contributed by atoms with Crippen LogP contribution in [0.1, 0.15) is 18.9 Å². The molecule has 0 spiro atoms. The van der Waals surface area contributed by atoms with Gasteiger partial charge in [-0.2, -0.15) is 0 Å². The number of aryl methyl sites for hydroxylation is 1. The number of carbonyl (C=O) groups excluding carboxylic acids is 1. The lowest BCUT2D eigenvalue weighted by atomic mass is 10.2. The molecule has 8 heteroatoms. The first-order chi connectivity index (χ1) is 11.1. The minimum Gasteiger partial charge on any atom is -0.497 e. The van der Waals surface area contributed by atoms with E-state index >= 15 is 0 Å². The fraction of sp³-hybridized carbons (Fsp3) is 0.400. The maximum Gasteiger partial charge on any atom is 0.248 e. The molecule has 1 aromatic carbocycles. The number of nitrogens with one attached hydrogen (secondary N) is 2. The molecular formula is C15H20N4O3S. The van der Waals surface area contributed by atoms with Crippen molar-refractivity contribution < 1.29 is 14.3 Å². The normalized spacial score (nSPS) is 11.7. The molecule has 1 aromatic heterocycles. The second-order valence-electron chi connectivity index (χ2n) is 4.78. The lowest BCUT2D eigenvalue weighted by molar-refractivity contribution is -0.116. The van der Waals surface area contributed by atoms with Crippen LogP contribution in [-0.2, 0) is 11.2 Å². The van der Waals surface area contributed by atoms with Gasteiger partial charge in [-0.15, -0.1) is 10.2 Å². The average molecular weight is 336 g/mol. The number of hydrogen-bond donors (Lipinski definition) is 2. The third-order valence-corrected chi connectivity index (χ3v) is 4.16. The van der Waals surface area contributed by atoms with E-state index in [-0.39, 0.29) is 5.91 Å². The van der Waals surface area contributed by atoms with E-state index in [1.165, 1.54) is 11.3 Å². The van der Waals surface area contributed by atoms with Crippen molar-refractivity contribution in [2.45, 2.75) is 26.3 Å². The summed E-state index contributed by atoms with van der Waals surface area (Å²) in [6.07, 6.45) is 0.796. The van der Waals surface area contributed by atoms with Gasteiger partial charge in [-0.1, -0.05) is 18.3 Å². The Morgan fingerprint density at radius 3 is 2.70 bits per heavy atom. The van der Waals surface area contributed by atoms with Crippen LogP contribution in [0.3, 0.4) is 0 Å². The van der Waals surface area contributed by atoms with Gasteiger partial charge in [0.05, 0.1) is 19.9 Å². The van der Waals surface area contributed by atoms with Gasteiger partial charge in [-0.25, -0.2) is 0 Å². The number of hydrogen-bond acceptors (Lipinski definition) is 7. The molecule has 0 radical (unpaired) electrons. The van der Waals surface area contributed by atoms with E-state index in [9.17, 15) is 4.79 Å². The highest BCUT2D eigenvalue weighted by atomic mass is 32.1. The maximum absolute atomic E-state index is 12.2. The van der Waals surface area contributed by atoms with Crippen LogP contribution in [0.5, 0.6) is 11.5 Å². The first-order valence-electron chi connectivity index (χ1n) is 7.19. The van der Waals surface area contributed by atoms with Crippen LogP contribution in [-0.4, -0.2) is 36.4 Å². The summed E-state index contributed by atoms with van der Waals surface area (Å²) in [6.45, 7) is 3.76. The fourth-order valence-corrected chi connectivity index (χ4v) is 2.56. The van der Waals surface area contributed by atoms with Crippen LogP contribution in [0.2, 0.25) is 0 Å². The Hall–Kier alpha value is -2.35. The largest absolute Gasteiger partial charge is 0.497 e. The Morgan fingerprint density at radius 2 is 2.09 bits per heavy atom. The number of aromatic nitrogens is 2. The Kier molecular flexibility index (Phi) is 5.75. The molecule has 0 aliphatic carbocycles. The fourth-order valence-electron chi connectivity index (χ4n) is 1.88. The highest BCUT2D eigenvalue weighted by Gasteiger charge is 2.17. The second kappa shape index (κ2) is 7.77. The van der Waals surface area contributed by atoms with Crippen LogP contribution >= 0.6 is 11.3 Å². The summed E-state index contributed by atoms with van der Waals surface area (Å²) in [6, 6.07) is 4.90. The van der Waals surface area contributed by atoms with Crippen molar-refractivity contribution in [3.63, 3.8) is 0 Å². The van der Waals surface area contributed by atoms with Gasteiger partial charge in [-0.05, 0) is 25.5 Å². The van der Waals surface area contributed by atoms with Gasteiger partial charge in [0.2, 0.25) is 11.0 Å². The Balaban J connectivity index is 2.03. The topological polar surface area (TPSA) is 85.4 Å². The third-order valence-electron chi connectivity index (χ3n) is 3.17. The van der Waals surface area contributed by atoms with E-state index in [1.54, 1.807) is 33.3 Å².